The van der Waals surface area contributed by atoms with Crippen LogP contribution in [0.2, 0.25) is 0 Å². The third kappa shape index (κ3) is 54.1. The minimum Gasteiger partial charge on any atom is -0.356 e. The van der Waals surface area contributed by atoms with E-state index in [2.05, 4.69) is 6.92 Å². The van der Waals surface area contributed by atoms with Crippen LogP contribution >= 0.6 is 0 Å². The number of nitrogens with zero attached hydrogens (tertiary/aromatic N) is 1. The highest BCUT2D eigenvalue weighted by Gasteiger charge is 1.89. The van der Waals surface area contributed by atoms with Crippen molar-refractivity contribution in [2.75, 3.05) is 0 Å². The molecule has 0 aliphatic rings. The summed E-state index contributed by atoms with van der Waals surface area (Å²) in [4.78, 5) is 8.25. The standard InChI is InChI=1S/C5H12N2.NO3/c1-2-3-4-5(6)7;2-1(3)4/h2-4H2,1H3,(H3,6,7);/q;-1/p+1. The zero-order valence-electron chi connectivity index (χ0n) is 6.45. The van der Waals surface area contributed by atoms with Gasteiger partial charge in [0.05, 0.1) is 5.09 Å². The lowest BCUT2D eigenvalue weighted by Crippen LogP contribution is -2.45. The van der Waals surface area contributed by atoms with E-state index < -0.39 is 5.09 Å². The lowest BCUT2D eigenvalue weighted by atomic mass is 10.2. The second kappa shape index (κ2) is 8.67. The monoisotopic (exact) mass is 163 g/mol. The minimum absolute atomic E-state index is 0.557. The lowest BCUT2D eigenvalue weighted by Gasteiger charge is -1.85. The fourth-order valence-electron chi connectivity index (χ4n) is 0.381. The number of unbranched alkanes of at least 4 members (excludes halogenated alkanes) is 1. The van der Waals surface area contributed by atoms with Crippen LogP contribution in [0.15, 0.2) is 0 Å². The molecular weight excluding hydrogens is 150 g/mol. The second-order valence-electron chi connectivity index (χ2n) is 1.90. The molecule has 0 heterocycles. The molecule has 0 unspecified atom stereocenters. The maximum atomic E-state index is 8.25. The lowest BCUT2D eigenvalue weighted by molar-refractivity contribution is -0.402. The molecule has 0 fully saturated rings. The molecule has 0 rings (SSSR count). The Morgan fingerprint density at radius 3 is 2.09 bits per heavy atom. The first-order valence-corrected chi connectivity index (χ1v) is 3.19. The van der Waals surface area contributed by atoms with E-state index in [0.29, 0.717) is 5.84 Å². The van der Waals surface area contributed by atoms with E-state index in [4.69, 9.17) is 26.5 Å². The summed E-state index contributed by atoms with van der Waals surface area (Å²) in [7, 11) is 0. The highest BCUT2D eigenvalue weighted by Crippen LogP contribution is 1.88. The Morgan fingerprint density at radius 1 is 1.64 bits per heavy atom. The van der Waals surface area contributed by atoms with Gasteiger partial charge in [0.2, 0.25) is 5.84 Å². The first kappa shape index (κ1) is 12.4. The summed E-state index contributed by atoms with van der Waals surface area (Å²) in [6.45, 7) is 2.11. The molecule has 66 valence electrons. The molecule has 0 spiro atoms. The van der Waals surface area contributed by atoms with Gasteiger partial charge in [0.15, 0.2) is 0 Å². The summed E-state index contributed by atoms with van der Waals surface area (Å²) in [6.07, 6.45) is 3.15. The molecule has 0 saturated carbocycles. The molecule has 6 nitrogen and oxygen atoms in total. The fourth-order valence-corrected chi connectivity index (χ4v) is 0.381. The predicted molar refractivity (Wildman–Crippen MR) is 41.0 cm³/mol. The molecule has 6 heteroatoms. The van der Waals surface area contributed by atoms with Gasteiger partial charge >= 0.3 is 0 Å². The van der Waals surface area contributed by atoms with Gasteiger partial charge < -0.3 is 15.3 Å². The van der Waals surface area contributed by atoms with E-state index in [9.17, 15) is 0 Å². The molecule has 0 aromatic rings. The summed E-state index contributed by atoms with van der Waals surface area (Å²) >= 11 is 0. The first-order valence-electron chi connectivity index (χ1n) is 3.19. The Morgan fingerprint density at radius 2 is 2.00 bits per heavy atom. The van der Waals surface area contributed by atoms with Crippen molar-refractivity contribution in [2.24, 2.45) is 5.73 Å². The normalized spacial score (nSPS) is 7.73. The van der Waals surface area contributed by atoms with Crippen LogP contribution in [0.3, 0.4) is 0 Å². The van der Waals surface area contributed by atoms with Crippen molar-refractivity contribution in [3.05, 3.63) is 15.3 Å². The molecule has 0 bridgehead atoms. The molecule has 0 radical (unpaired) electrons. The maximum Gasteiger partial charge on any atom is 0.238 e. The van der Waals surface area contributed by atoms with E-state index in [1.54, 1.807) is 0 Å². The molecule has 0 aromatic heterocycles. The first-order chi connectivity index (χ1) is 5.00. The van der Waals surface area contributed by atoms with E-state index >= 15 is 0 Å². The summed E-state index contributed by atoms with van der Waals surface area (Å²) in [5.41, 5.74) is 5.17. The third-order valence-corrected chi connectivity index (χ3v) is 0.819. The highest BCUT2D eigenvalue weighted by atomic mass is 16.9. The van der Waals surface area contributed by atoms with Gasteiger partial charge in [0.25, 0.3) is 0 Å². The quantitative estimate of drug-likeness (QED) is 0.241. The third-order valence-electron chi connectivity index (χ3n) is 0.819. The zero-order chi connectivity index (χ0) is 9.28. The Balaban J connectivity index is 0. The van der Waals surface area contributed by atoms with Crippen molar-refractivity contribution < 1.29 is 10.5 Å². The van der Waals surface area contributed by atoms with E-state index in [1.807, 2.05) is 0 Å². The van der Waals surface area contributed by atoms with E-state index in [1.165, 1.54) is 0 Å². The Hall–Kier alpha value is -1.33. The van der Waals surface area contributed by atoms with Gasteiger partial charge in [0, 0.05) is 6.42 Å². The zero-order valence-corrected chi connectivity index (χ0v) is 6.45. The Bertz CT molecular complexity index is 122. The SMILES string of the molecule is CCCCC(N)=[NH2+].O=[N+]([O-])[O-]. The maximum absolute atomic E-state index is 8.25. The average Bonchev–Trinajstić information content (AvgIpc) is 1.82. The van der Waals surface area contributed by atoms with Crippen molar-refractivity contribution in [1.82, 2.24) is 0 Å². The number of hydrogen-bond donors (Lipinski definition) is 2. The van der Waals surface area contributed by atoms with Crippen molar-refractivity contribution in [2.45, 2.75) is 26.2 Å². The van der Waals surface area contributed by atoms with Crippen molar-refractivity contribution in [3.63, 3.8) is 0 Å². The number of amidine groups is 1. The van der Waals surface area contributed by atoms with Gasteiger partial charge in [0.1, 0.15) is 0 Å². The van der Waals surface area contributed by atoms with Crippen LogP contribution < -0.4 is 11.1 Å². The fraction of sp³-hybridized carbons (Fsp3) is 0.800. The summed E-state index contributed by atoms with van der Waals surface area (Å²) < 4.78 is 0. The molecule has 0 saturated heterocycles. The summed E-state index contributed by atoms with van der Waals surface area (Å²) in [6, 6.07) is 0. The average molecular weight is 163 g/mol. The molecule has 0 aliphatic carbocycles. The van der Waals surface area contributed by atoms with Gasteiger partial charge in [-0.1, -0.05) is 13.3 Å². The van der Waals surface area contributed by atoms with Gasteiger partial charge in [-0.25, -0.2) is 0 Å². The topological polar surface area (TPSA) is 118 Å². The number of nitrogens with two attached hydrogens (primary N) is 2. The smallest absolute Gasteiger partial charge is 0.238 e. The van der Waals surface area contributed by atoms with Crippen LogP contribution in [0, 0.1) is 15.3 Å². The number of rotatable bonds is 3. The molecule has 4 N–H and O–H groups in total. The van der Waals surface area contributed by atoms with E-state index in [-0.39, 0.29) is 0 Å². The van der Waals surface area contributed by atoms with Gasteiger partial charge in [-0.2, -0.15) is 0 Å². The van der Waals surface area contributed by atoms with E-state index in [0.717, 1.165) is 19.3 Å². The molecule has 0 aliphatic heterocycles. The molecule has 0 amide bonds. The van der Waals surface area contributed by atoms with Gasteiger partial charge in [-0.3, -0.25) is 11.1 Å². The van der Waals surface area contributed by atoms with Gasteiger partial charge in [-0.05, 0) is 6.42 Å². The highest BCUT2D eigenvalue weighted by molar-refractivity contribution is 5.73. The van der Waals surface area contributed by atoms with Crippen molar-refractivity contribution in [3.8, 4) is 0 Å². The van der Waals surface area contributed by atoms with Crippen molar-refractivity contribution >= 4 is 5.84 Å². The summed E-state index contributed by atoms with van der Waals surface area (Å²) in [5, 5.41) is 19.9. The number of hydrogen-bond acceptors (Lipinski definition) is 3. The van der Waals surface area contributed by atoms with Crippen LogP contribution in [0.4, 0.5) is 0 Å². The molecular formula is C5H13N3O3. The Kier molecular flexibility index (Phi) is 9.74. The van der Waals surface area contributed by atoms with Gasteiger partial charge in [-0.15, -0.1) is 0 Å². The predicted octanol–water partition coefficient (Wildman–Crippen LogP) is -0.946. The van der Waals surface area contributed by atoms with Crippen molar-refractivity contribution in [1.29, 1.82) is 0 Å². The molecule has 0 aromatic carbocycles. The van der Waals surface area contributed by atoms with Crippen LogP contribution in [0.25, 0.3) is 0 Å². The largest absolute Gasteiger partial charge is 0.356 e. The second-order valence-corrected chi connectivity index (χ2v) is 1.90. The van der Waals surface area contributed by atoms with Crippen LogP contribution in [-0.4, -0.2) is 10.9 Å². The summed E-state index contributed by atoms with van der Waals surface area (Å²) in [5.74, 6) is 0.557. The Labute approximate surface area is 64.6 Å². The molecule has 11 heavy (non-hydrogen) atoms. The molecule has 0 atom stereocenters. The van der Waals surface area contributed by atoms with Crippen LogP contribution in [0.1, 0.15) is 26.2 Å². The van der Waals surface area contributed by atoms with Crippen LogP contribution in [0.5, 0.6) is 0 Å². The minimum atomic E-state index is -1.75. The van der Waals surface area contributed by atoms with Crippen LogP contribution in [-0.2, 0) is 0 Å².